The third kappa shape index (κ3) is 2.10. The van der Waals surface area contributed by atoms with E-state index < -0.39 is 11.5 Å². The summed E-state index contributed by atoms with van der Waals surface area (Å²) in [4.78, 5) is 10.4. The molecule has 0 spiro atoms. The fourth-order valence-electron chi connectivity index (χ4n) is 0.929. The standard InChI is InChI=1S/C8H16O2/c1-6(2)7(10)8(3,4)5-9/h5-7,10H,1-4H3/t7-/m0/s1. The molecule has 1 N–H and O–H groups in total. The third-order valence-corrected chi connectivity index (χ3v) is 1.70. The van der Waals surface area contributed by atoms with Crippen LogP contribution in [0.4, 0.5) is 0 Å². The second-order valence-corrected chi connectivity index (χ2v) is 3.63. The molecule has 0 unspecified atom stereocenters. The number of aliphatic hydroxyl groups is 1. The molecule has 2 nitrogen and oxygen atoms in total. The van der Waals surface area contributed by atoms with Gasteiger partial charge in [-0.05, 0) is 5.92 Å². The van der Waals surface area contributed by atoms with Gasteiger partial charge in [-0.3, -0.25) is 0 Å². The highest BCUT2D eigenvalue weighted by Gasteiger charge is 2.29. The molecule has 60 valence electrons. The van der Waals surface area contributed by atoms with Crippen molar-refractivity contribution in [3.8, 4) is 0 Å². The second kappa shape index (κ2) is 3.15. The normalized spacial score (nSPS) is 15.4. The van der Waals surface area contributed by atoms with Crippen LogP contribution in [0, 0.1) is 11.3 Å². The molecule has 0 aromatic heterocycles. The molecule has 0 amide bonds. The number of carbonyl (C=O) groups is 1. The Morgan fingerprint density at radius 1 is 1.40 bits per heavy atom. The lowest BCUT2D eigenvalue weighted by molar-refractivity contribution is -0.121. The summed E-state index contributed by atoms with van der Waals surface area (Å²) in [6.45, 7) is 7.28. The molecule has 0 aromatic carbocycles. The van der Waals surface area contributed by atoms with Crippen molar-refractivity contribution in [2.24, 2.45) is 11.3 Å². The minimum atomic E-state index is -0.603. The summed E-state index contributed by atoms with van der Waals surface area (Å²) >= 11 is 0. The van der Waals surface area contributed by atoms with Gasteiger partial charge >= 0.3 is 0 Å². The molecular formula is C8H16O2. The monoisotopic (exact) mass is 144 g/mol. The molecule has 0 saturated carbocycles. The quantitative estimate of drug-likeness (QED) is 0.605. The Kier molecular flexibility index (Phi) is 3.03. The molecule has 0 rings (SSSR count). The summed E-state index contributed by atoms with van der Waals surface area (Å²) in [5.41, 5.74) is -0.603. The molecule has 0 heterocycles. The van der Waals surface area contributed by atoms with Crippen LogP contribution >= 0.6 is 0 Å². The summed E-state index contributed by atoms with van der Waals surface area (Å²) in [5, 5.41) is 9.42. The molecular weight excluding hydrogens is 128 g/mol. The number of rotatable bonds is 3. The zero-order chi connectivity index (χ0) is 8.36. The van der Waals surface area contributed by atoms with E-state index >= 15 is 0 Å². The largest absolute Gasteiger partial charge is 0.392 e. The maximum absolute atomic E-state index is 10.4. The van der Waals surface area contributed by atoms with Crippen LogP contribution < -0.4 is 0 Å². The van der Waals surface area contributed by atoms with E-state index in [0.29, 0.717) is 0 Å². The maximum atomic E-state index is 10.4. The molecule has 0 aliphatic carbocycles. The zero-order valence-electron chi connectivity index (χ0n) is 7.09. The van der Waals surface area contributed by atoms with Gasteiger partial charge in [-0.15, -0.1) is 0 Å². The van der Waals surface area contributed by atoms with Crippen LogP contribution in [-0.4, -0.2) is 17.5 Å². The summed E-state index contributed by atoms with van der Waals surface area (Å²) in [6.07, 6.45) is 0.266. The smallest absolute Gasteiger partial charge is 0.128 e. The van der Waals surface area contributed by atoms with Crippen molar-refractivity contribution in [2.75, 3.05) is 0 Å². The summed E-state index contributed by atoms with van der Waals surface area (Å²) < 4.78 is 0. The molecule has 2 heteroatoms. The van der Waals surface area contributed by atoms with Gasteiger partial charge in [-0.25, -0.2) is 0 Å². The van der Waals surface area contributed by atoms with Crippen molar-refractivity contribution < 1.29 is 9.90 Å². The van der Waals surface area contributed by atoms with Crippen molar-refractivity contribution in [1.82, 2.24) is 0 Å². The first-order valence-electron chi connectivity index (χ1n) is 3.56. The average molecular weight is 144 g/mol. The first-order chi connectivity index (χ1) is 4.41. The van der Waals surface area contributed by atoms with Gasteiger partial charge in [0, 0.05) is 5.41 Å². The minimum Gasteiger partial charge on any atom is -0.392 e. The molecule has 0 aromatic rings. The molecule has 10 heavy (non-hydrogen) atoms. The van der Waals surface area contributed by atoms with Gasteiger partial charge in [-0.1, -0.05) is 27.7 Å². The highest BCUT2D eigenvalue weighted by Crippen LogP contribution is 2.22. The molecule has 1 atom stereocenters. The van der Waals surface area contributed by atoms with Gasteiger partial charge in [0.15, 0.2) is 0 Å². The van der Waals surface area contributed by atoms with Crippen LogP contribution in [-0.2, 0) is 4.79 Å². The topological polar surface area (TPSA) is 37.3 Å². The number of hydrogen-bond donors (Lipinski definition) is 1. The molecule has 0 radical (unpaired) electrons. The van der Waals surface area contributed by atoms with E-state index in [1.807, 2.05) is 13.8 Å². The van der Waals surface area contributed by atoms with Crippen LogP contribution in [0.3, 0.4) is 0 Å². The number of aldehydes is 1. The first kappa shape index (κ1) is 9.63. The van der Waals surface area contributed by atoms with Gasteiger partial charge in [-0.2, -0.15) is 0 Å². The Balaban J connectivity index is 4.17. The van der Waals surface area contributed by atoms with E-state index in [1.54, 1.807) is 13.8 Å². The van der Waals surface area contributed by atoms with Gasteiger partial charge in [0.1, 0.15) is 6.29 Å². The molecule has 0 saturated heterocycles. The second-order valence-electron chi connectivity index (χ2n) is 3.63. The van der Waals surface area contributed by atoms with Crippen molar-refractivity contribution in [1.29, 1.82) is 0 Å². The van der Waals surface area contributed by atoms with Gasteiger partial charge in [0.25, 0.3) is 0 Å². The minimum absolute atomic E-state index is 0.139. The van der Waals surface area contributed by atoms with E-state index in [2.05, 4.69) is 0 Å². The van der Waals surface area contributed by atoms with Crippen molar-refractivity contribution in [2.45, 2.75) is 33.8 Å². The van der Waals surface area contributed by atoms with Crippen LogP contribution in [0.25, 0.3) is 0 Å². The maximum Gasteiger partial charge on any atom is 0.128 e. The van der Waals surface area contributed by atoms with E-state index in [9.17, 15) is 9.90 Å². The number of carbonyl (C=O) groups excluding carboxylic acids is 1. The Hall–Kier alpha value is -0.370. The fourth-order valence-corrected chi connectivity index (χ4v) is 0.929. The lowest BCUT2D eigenvalue weighted by Gasteiger charge is -2.27. The van der Waals surface area contributed by atoms with Crippen LogP contribution in [0.1, 0.15) is 27.7 Å². The SMILES string of the molecule is CC(C)[C@H](O)C(C)(C)C=O. The Morgan fingerprint density at radius 2 is 1.80 bits per heavy atom. The van der Waals surface area contributed by atoms with E-state index in [-0.39, 0.29) is 5.92 Å². The molecule has 0 aliphatic rings. The Labute approximate surface area is 62.2 Å². The van der Waals surface area contributed by atoms with E-state index in [1.165, 1.54) is 0 Å². The van der Waals surface area contributed by atoms with Crippen molar-refractivity contribution in [3.05, 3.63) is 0 Å². The van der Waals surface area contributed by atoms with Crippen LogP contribution in [0.5, 0.6) is 0 Å². The first-order valence-corrected chi connectivity index (χ1v) is 3.56. The van der Waals surface area contributed by atoms with E-state index in [0.717, 1.165) is 6.29 Å². The summed E-state index contributed by atoms with van der Waals surface area (Å²) in [6, 6.07) is 0. The van der Waals surface area contributed by atoms with Crippen molar-refractivity contribution >= 4 is 6.29 Å². The molecule has 0 aliphatic heterocycles. The third-order valence-electron chi connectivity index (χ3n) is 1.70. The lowest BCUT2D eigenvalue weighted by Crippen LogP contribution is -2.34. The van der Waals surface area contributed by atoms with E-state index in [4.69, 9.17) is 0 Å². The molecule has 0 bridgehead atoms. The fraction of sp³-hybridized carbons (Fsp3) is 0.875. The Bertz CT molecular complexity index is 116. The van der Waals surface area contributed by atoms with Gasteiger partial charge in [0.2, 0.25) is 0 Å². The Morgan fingerprint density at radius 3 is 1.90 bits per heavy atom. The van der Waals surface area contributed by atoms with Crippen LogP contribution in [0.2, 0.25) is 0 Å². The average Bonchev–Trinajstić information content (AvgIpc) is 1.86. The zero-order valence-corrected chi connectivity index (χ0v) is 7.09. The van der Waals surface area contributed by atoms with Gasteiger partial charge in [0.05, 0.1) is 6.10 Å². The number of hydrogen-bond acceptors (Lipinski definition) is 2. The summed E-state index contributed by atoms with van der Waals surface area (Å²) in [5.74, 6) is 0.139. The predicted octanol–water partition coefficient (Wildman–Crippen LogP) is 1.23. The molecule has 0 fully saturated rings. The lowest BCUT2D eigenvalue weighted by atomic mass is 9.82. The highest BCUT2D eigenvalue weighted by molar-refractivity contribution is 5.58. The summed E-state index contributed by atoms with van der Waals surface area (Å²) in [7, 11) is 0. The van der Waals surface area contributed by atoms with Crippen molar-refractivity contribution in [3.63, 3.8) is 0 Å². The number of aliphatic hydroxyl groups excluding tert-OH is 1. The van der Waals surface area contributed by atoms with Crippen LogP contribution in [0.15, 0.2) is 0 Å². The van der Waals surface area contributed by atoms with Gasteiger partial charge < -0.3 is 9.90 Å². The highest BCUT2D eigenvalue weighted by atomic mass is 16.3. The predicted molar refractivity (Wildman–Crippen MR) is 40.7 cm³/mol.